The fraction of sp³-hybridized carbons (Fsp3) is 0.500. The Kier molecular flexibility index (Phi) is 3.45. The first kappa shape index (κ1) is 11.7. The van der Waals surface area contributed by atoms with Gasteiger partial charge in [0.25, 0.3) is 0 Å². The van der Waals surface area contributed by atoms with Gasteiger partial charge in [0, 0.05) is 25.3 Å². The lowest BCUT2D eigenvalue weighted by Gasteiger charge is -2.24. The Morgan fingerprint density at radius 3 is 2.47 bits per heavy atom. The highest BCUT2D eigenvalue weighted by molar-refractivity contribution is 5.96. The van der Waals surface area contributed by atoms with Crippen molar-refractivity contribution in [3.63, 3.8) is 0 Å². The highest BCUT2D eigenvalue weighted by atomic mass is 16.5. The predicted molar refractivity (Wildman–Crippen MR) is 57.0 cm³/mol. The molecule has 15 heavy (non-hydrogen) atoms. The maximum Gasteiger partial charge on any atom is 0.307 e. The van der Waals surface area contributed by atoms with Gasteiger partial charge < -0.3 is 4.74 Å². The van der Waals surface area contributed by atoms with Gasteiger partial charge in [0.05, 0.1) is 0 Å². The van der Waals surface area contributed by atoms with Crippen molar-refractivity contribution in [2.24, 2.45) is 5.92 Å². The minimum atomic E-state index is -0.375. The zero-order valence-electron chi connectivity index (χ0n) is 9.42. The van der Waals surface area contributed by atoms with Gasteiger partial charge in [0.1, 0.15) is 5.76 Å². The lowest BCUT2D eigenvalue weighted by Crippen LogP contribution is -2.21. The first-order chi connectivity index (χ1) is 6.91. The monoisotopic (exact) mass is 208 g/mol. The van der Waals surface area contributed by atoms with Crippen LogP contribution in [0.15, 0.2) is 23.5 Å². The van der Waals surface area contributed by atoms with Crippen molar-refractivity contribution < 1.29 is 14.3 Å². The average Bonchev–Trinajstić information content (AvgIpc) is 2.11. The summed E-state index contributed by atoms with van der Waals surface area (Å²) in [6, 6.07) is 0. The Balaban J connectivity index is 2.91. The number of allylic oxidation sites excluding steroid dienone is 3. The molecule has 1 aliphatic carbocycles. The van der Waals surface area contributed by atoms with Gasteiger partial charge in [0.2, 0.25) is 0 Å². The van der Waals surface area contributed by atoms with E-state index >= 15 is 0 Å². The van der Waals surface area contributed by atoms with Gasteiger partial charge >= 0.3 is 5.97 Å². The van der Waals surface area contributed by atoms with Crippen molar-refractivity contribution in [3.8, 4) is 0 Å². The SMILES string of the molecule is C=C(C)[C@@H]1CC(=O)C(C)=C(OC(C)=O)C1. The molecule has 0 bridgehead atoms. The summed E-state index contributed by atoms with van der Waals surface area (Å²) in [6.07, 6.45) is 1.08. The molecular weight excluding hydrogens is 192 g/mol. The van der Waals surface area contributed by atoms with Gasteiger partial charge in [-0.05, 0) is 19.8 Å². The molecule has 0 amide bonds. The van der Waals surface area contributed by atoms with Crippen LogP contribution in [0.3, 0.4) is 0 Å². The van der Waals surface area contributed by atoms with Crippen LogP contribution >= 0.6 is 0 Å². The third kappa shape index (κ3) is 2.78. The number of carbonyl (C=O) groups is 2. The van der Waals surface area contributed by atoms with Gasteiger partial charge in [-0.2, -0.15) is 0 Å². The largest absolute Gasteiger partial charge is 0.431 e. The summed E-state index contributed by atoms with van der Waals surface area (Å²) in [5, 5.41) is 0. The molecule has 1 rings (SSSR count). The lowest BCUT2D eigenvalue weighted by atomic mass is 9.84. The van der Waals surface area contributed by atoms with Crippen LogP contribution in [0, 0.1) is 5.92 Å². The Morgan fingerprint density at radius 2 is 2.00 bits per heavy atom. The number of hydrogen-bond donors (Lipinski definition) is 0. The third-order valence-corrected chi connectivity index (χ3v) is 2.66. The Hall–Kier alpha value is -1.38. The van der Waals surface area contributed by atoms with E-state index in [0.717, 1.165) is 5.57 Å². The van der Waals surface area contributed by atoms with E-state index in [4.69, 9.17) is 4.74 Å². The molecule has 1 atom stereocenters. The highest BCUT2D eigenvalue weighted by Crippen LogP contribution is 2.31. The van der Waals surface area contributed by atoms with Crippen LogP contribution in [0.4, 0.5) is 0 Å². The standard InChI is InChI=1S/C12H16O3/c1-7(2)10-5-11(14)8(3)12(6-10)15-9(4)13/h10H,1,5-6H2,2-4H3/t10-/m1/s1. The quantitative estimate of drug-likeness (QED) is 0.517. The highest BCUT2D eigenvalue weighted by Gasteiger charge is 2.27. The Labute approximate surface area is 89.8 Å². The molecule has 3 nitrogen and oxygen atoms in total. The van der Waals surface area contributed by atoms with E-state index in [2.05, 4.69) is 6.58 Å². The molecule has 0 saturated carbocycles. The van der Waals surface area contributed by atoms with Crippen LogP contribution in [-0.2, 0) is 14.3 Å². The molecule has 0 unspecified atom stereocenters. The second-order valence-corrected chi connectivity index (χ2v) is 4.02. The first-order valence-electron chi connectivity index (χ1n) is 4.98. The molecule has 0 aliphatic heterocycles. The molecule has 82 valence electrons. The number of rotatable bonds is 2. The van der Waals surface area contributed by atoms with E-state index in [1.54, 1.807) is 6.92 Å². The van der Waals surface area contributed by atoms with Crippen molar-refractivity contribution in [1.82, 2.24) is 0 Å². The number of ketones is 1. The maximum absolute atomic E-state index is 11.6. The summed E-state index contributed by atoms with van der Waals surface area (Å²) < 4.78 is 5.03. The first-order valence-corrected chi connectivity index (χ1v) is 4.98. The topological polar surface area (TPSA) is 43.4 Å². The van der Waals surface area contributed by atoms with Crippen molar-refractivity contribution in [1.29, 1.82) is 0 Å². The van der Waals surface area contributed by atoms with Crippen LogP contribution in [0.25, 0.3) is 0 Å². The molecule has 1 aliphatic rings. The van der Waals surface area contributed by atoms with Crippen molar-refractivity contribution in [2.75, 3.05) is 0 Å². The fourth-order valence-corrected chi connectivity index (χ4v) is 1.62. The summed E-state index contributed by atoms with van der Waals surface area (Å²) in [5.74, 6) is 0.285. The van der Waals surface area contributed by atoms with E-state index < -0.39 is 0 Å². The van der Waals surface area contributed by atoms with Gasteiger partial charge in [-0.3, -0.25) is 9.59 Å². The number of ether oxygens (including phenoxy) is 1. The average molecular weight is 208 g/mol. The number of esters is 1. The minimum absolute atomic E-state index is 0.0468. The summed E-state index contributed by atoms with van der Waals surface area (Å²) in [5.41, 5.74) is 1.53. The summed E-state index contributed by atoms with van der Waals surface area (Å²) in [4.78, 5) is 22.5. The van der Waals surface area contributed by atoms with E-state index in [1.807, 2.05) is 6.92 Å². The van der Waals surface area contributed by atoms with Crippen LogP contribution in [-0.4, -0.2) is 11.8 Å². The molecule has 0 aromatic heterocycles. The van der Waals surface area contributed by atoms with Crippen LogP contribution in [0.5, 0.6) is 0 Å². The minimum Gasteiger partial charge on any atom is -0.431 e. The van der Waals surface area contributed by atoms with Crippen LogP contribution in [0.1, 0.15) is 33.6 Å². The summed E-state index contributed by atoms with van der Waals surface area (Å²) in [6.45, 7) is 8.78. The second kappa shape index (κ2) is 4.43. The summed E-state index contributed by atoms with van der Waals surface area (Å²) in [7, 11) is 0. The summed E-state index contributed by atoms with van der Waals surface area (Å²) >= 11 is 0. The molecule has 0 N–H and O–H groups in total. The predicted octanol–water partition coefficient (Wildman–Crippen LogP) is 2.38. The lowest BCUT2D eigenvalue weighted by molar-refractivity contribution is -0.137. The molecular formula is C12H16O3. The molecule has 3 heteroatoms. The fourth-order valence-electron chi connectivity index (χ4n) is 1.62. The molecule has 0 aromatic rings. The third-order valence-electron chi connectivity index (χ3n) is 2.66. The van der Waals surface area contributed by atoms with Crippen molar-refractivity contribution in [3.05, 3.63) is 23.5 Å². The van der Waals surface area contributed by atoms with Crippen molar-refractivity contribution in [2.45, 2.75) is 33.6 Å². The number of hydrogen-bond acceptors (Lipinski definition) is 3. The van der Waals surface area contributed by atoms with Crippen molar-refractivity contribution >= 4 is 11.8 Å². The number of Topliss-reactive ketones (excluding diaryl/α,β-unsaturated/α-hetero) is 1. The Bertz CT molecular complexity index is 350. The van der Waals surface area contributed by atoms with Gasteiger partial charge in [-0.1, -0.05) is 12.2 Å². The Morgan fingerprint density at radius 1 is 1.40 bits per heavy atom. The van der Waals surface area contributed by atoms with E-state index in [9.17, 15) is 9.59 Å². The van der Waals surface area contributed by atoms with Crippen LogP contribution in [0.2, 0.25) is 0 Å². The van der Waals surface area contributed by atoms with Gasteiger partial charge in [-0.25, -0.2) is 0 Å². The number of carbonyl (C=O) groups excluding carboxylic acids is 2. The van der Waals surface area contributed by atoms with Gasteiger partial charge in [0.15, 0.2) is 5.78 Å². The van der Waals surface area contributed by atoms with Crippen LogP contribution < -0.4 is 0 Å². The molecule has 0 spiro atoms. The molecule has 0 heterocycles. The smallest absolute Gasteiger partial charge is 0.307 e. The van der Waals surface area contributed by atoms with E-state index in [1.165, 1.54) is 6.92 Å². The normalized spacial score (nSPS) is 21.5. The maximum atomic E-state index is 11.6. The van der Waals surface area contributed by atoms with E-state index in [-0.39, 0.29) is 17.7 Å². The zero-order valence-corrected chi connectivity index (χ0v) is 9.42. The zero-order chi connectivity index (χ0) is 11.6. The van der Waals surface area contributed by atoms with Gasteiger partial charge in [-0.15, -0.1) is 0 Å². The molecule has 0 saturated heterocycles. The molecule has 0 aromatic carbocycles. The molecule has 0 fully saturated rings. The van der Waals surface area contributed by atoms with E-state index in [0.29, 0.717) is 24.2 Å². The second-order valence-electron chi connectivity index (χ2n) is 4.02. The molecule has 0 radical (unpaired) electrons.